The van der Waals surface area contributed by atoms with E-state index in [1.54, 1.807) is 6.33 Å². The van der Waals surface area contributed by atoms with E-state index in [1.165, 1.54) is 67.0 Å². The number of likely N-dealkylation sites (tertiary alicyclic amines) is 1. The summed E-state index contributed by atoms with van der Waals surface area (Å²) in [5, 5.41) is 2.52. The van der Waals surface area contributed by atoms with E-state index < -0.39 is 6.09 Å². The molecule has 4 aromatic rings. The molecule has 0 radical (unpaired) electrons. The summed E-state index contributed by atoms with van der Waals surface area (Å²) in [4.78, 5) is 42.2. The number of aromatic amines is 2. The number of nitrogens with zero attached hydrogens (tertiary/aromatic N) is 3. The van der Waals surface area contributed by atoms with Gasteiger partial charge in [-0.3, -0.25) is 4.79 Å². The maximum Gasteiger partial charge on any atom is 0.407 e. The van der Waals surface area contributed by atoms with E-state index in [1.807, 2.05) is 17.3 Å². The molecule has 3 N–H and O–H groups in total. The Morgan fingerprint density at radius 1 is 1.02 bits per heavy atom. The molecule has 1 spiro atoms. The second kappa shape index (κ2) is 11.0. The Bertz CT molecular complexity index is 1630. The number of methoxy groups -OCH3 is 1. The van der Waals surface area contributed by atoms with Crippen LogP contribution in [0.3, 0.4) is 0 Å². The van der Waals surface area contributed by atoms with E-state index in [0.717, 1.165) is 35.6 Å². The highest BCUT2D eigenvalue weighted by Gasteiger charge is 2.44. The van der Waals surface area contributed by atoms with Gasteiger partial charge in [-0.05, 0) is 71.3 Å². The van der Waals surface area contributed by atoms with Gasteiger partial charge in [0.15, 0.2) is 0 Å². The van der Waals surface area contributed by atoms with Crippen LogP contribution in [0.2, 0.25) is 0 Å². The fourth-order valence-corrected chi connectivity index (χ4v) is 7.84. The summed E-state index contributed by atoms with van der Waals surface area (Å²) in [6.07, 6.45) is 13.0. The summed E-state index contributed by atoms with van der Waals surface area (Å²) in [7, 11) is 1.29. The van der Waals surface area contributed by atoms with Crippen LogP contribution in [0.15, 0.2) is 55.1 Å². The number of nitrogens with one attached hydrogen (secondary N) is 3. The number of alkyl carbamates (subject to hydrolysis) is 1. The molecule has 43 heavy (non-hydrogen) atoms. The van der Waals surface area contributed by atoms with Crippen LogP contribution in [-0.4, -0.2) is 57.0 Å². The fraction of sp³-hybridized carbons (Fsp3) is 0.412. The largest absolute Gasteiger partial charge is 0.453 e. The van der Waals surface area contributed by atoms with Crippen LogP contribution >= 0.6 is 0 Å². The molecule has 9 nitrogen and oxygen atoms in total. The van der Waals surface area contributed by atoms with Gasteiger partial charge in [0.1, 0.15) is 12.4 Å². The molecular weight excluding hydrogens is 540 g/mol. The first kappa shape index (κ1) is 27.4. The van der Waals surface area contributed by atoms with Gasteiger partial charge in [-0.15, -0.1) is 0 Å². The number of aromatic nitrogens is 4. The van der Waals surface area contributed by atoms with Crippen molar-refractivity contribution < 1.29 is 14.3 Å². The number of carbonyl (C=O) groups excluding carboxylic acids is 2. The number of amides is 2. The Morgan fingerprint density at radius 2 is 1.79 bits per heavy atom. The third-order valence-corrected chi connectivity index (χ3v) is 9.86. The van der Waals surface area contributed by atoms with Crippen molar-refractivity contribution in [2.45, 2.75) is 63.3 Å². The van der Waals surface area contributed by atoms with Gasteiger partial charge in [0.25, 0.3) is 0 Å². The number of ether oxygens (including phenoxy) is 1. The highest BCUT2D eigenvalue weighted by atomic mass is 16.5. The molecule has 3 aliphatic rings. The standard InChI is InChI=1S/C34H38N6O3/c1-21-15-29(40(19-21)30(41)18-37-33(42)43-2)32-36-17-28(39-32)25-10-9-24(31-26(25)11-14-34(31)12-3-4-13-34)22-5-7-23(8-6-22)27-16-35-20-38-27/h5-10,16-17,20-21,29H,3-4,11-15,18-19H2,1-2H3,(H,35,38)(H,36,39)(H,37,42). The first-order valence-corrected chi connectivity index (χ1v) is 15.4. The predicted molar refractivity (Wildman–Crippen MR) is 164 cm³/mol. The van der Waals surface area contributed by atoms with Gasteiger partial charge >= 0.3 is 6.09 Å². The summed E-state index contributed by atoms with van der Waals surface area (Å²) in [6.45, 7) is 2.68. The minimum atomic E-state index is -0.608. The molecule has 7 rings (SSSR count). The maximum absolute atomic E-state index is 13.0. The summed E-state index contributed by atoms with van der Waals surface area (Å²) in [5.74, 6) is 1.00. The van der Waals surface area contributed by atoms with Crippen LogP contribution < -0.4 is 5.32 Å². The molecule has 2 fully saturated rings. The van der Waals surface area contributed by atoms with E-state index >= 15 is 0 Å². The number of hydrogen-bond donors (Lipinski definition) is 3. The van der Waals surface area contributed by atoms with Crippen molar-refractivity contribution in [1.29, 1.82) is 0 Å². The van der Waals surface area contributed by atoms with Gasteiger partial charge in [0.2, 0.25) is 5.91 Å². The van der Waals surface area contributed by atoms with E-state index in [0.29, 0.717) is 12.5 Å². The van der Waals surface area contributed by atoms with Gasteiger partial charge in [-0.1, -0.05) is 56.2 Å². The van der Waals surface area contributed by atoms with E-state index in [2.05, 4.69) is 68.3 Å². The Morgan fingerprint density at radius 3 is 2.53 bits per heavy atom. The van der Waals surface area contributed by atoms with Crippen molar-refractivity contribution in [3.8, 4) is 33.6 Å². The summed E-state index contributed by atoms with van der Waals surface area (Å²) < 4.78 is 4.63. The van der Waals surface area contributed by atoms with Crippen molar-refractivity contribution in [3.05, 3.63) is 72.1 Å². The molecule has 1 saturated carbocycles. The summed E-state index contributed by atoms with van der Waals surface area (Å²) in [5.41, 5.74) is 10.1. The predicted octanol–water partition coefficient (Wildman–Crippen LogP) is 6.16. The quantitative estimate of drug-likeness (QED) is 0.254. The summed E-state index contributed by atoms with van der Waals surface area (Å²) >= 11 is 0. The topological polar surface area (TPSA) is 116 Å². The van der Waals surface area contributed by atoms with Crippen LogP contribution in [0.5, 0.6) is 0 Å². The van der Waals surface area contributed by atoms with Crippen LogP contribution in [0.1, 0.15) is 68.4 Å². The van der Waals surface area contributed by atoms with Gasteiger partial charge in [0, 0.05) is 12.1 Å². The first-order valence-electron chi connectivity index (χ1n) is 15.4. The van der Waals surface area contributed by atoms with Crippen molar-refractivity contribution in [3.63, 3.8) is 0 Å². The molecule has 2 atom stereocenters. The molecule has 1 aliphatic heterocycles. The zero-order valence-corrected chi connectivity index (χ0v) is 24.8. The fourth-order valence-electron chi connectivity index (χ4n) is 7.84. The lowest BCUT2D eigenvalue weighted by Crippen LogP contribution is -2.40. The van der Waals surface area contributed by atoms with Gasteiger partial charge in [0.05, 0.1) is 43.3 Å². The lowest BCUT2D eigenvalue weighted by atomic mass is 9.76. The molecule has 222 valence electrons. The molecule has 2 aromatic carbocycles. The van der Waals surface area contributed by atoms with Crippen LogP contribution in [0.25, 0.3) is 33.6 Å². The molecule has 0 bridgehead atoms. The Hall–Kier alpha value is -4.40. The smallest absolute Gasteiger partial charge is 0.407 e. The average Bonchev–Trinajstić information content (AvgIpc) is 3.87. The minimum Gasteiger partial charge on any atom is -0.453 e. The monoisotopic (exact) mass is 578 g/mol. The van der Waals surface area contributed by atoms with Crippen molar-refractivity contribution in [2.75, 3.05) is 20.2 Å². The molecule has 2 unspecified atom stereocenters. The Labute approximate surface area is 251 Å². The second-order valence-corrected chi connectivity index (χ2v) is 12.5. The molecule has 2 amide bonds. The molecule has 2 aromatic heterocycles. The van der Waals surface area contributed by atoms with Crippen LogP contribution in [0.4, 0.5) is 4.79 Å². The second-order valence-electron chi connectivity index (χ2n) is 12.5. The van der Waals surface area contributed by atoms with Crippen LogP contribution in [0, 0.1) is 5.92 Å². The van der Waals surface area contributed by atoms with E-state index in [4.69, 9.17) is 4.98 Å². The minimum absolute atomic E-state index is 0.0939. The number of hydrogen-bond acceptors (Lipinski definition) is 5. The average molecular weight is 579 g/mol. The number of carbonyl (C=O) groups is 2. The molecule has 1 saturated heterocycles. The number of H-pyrrole nitrogens is 2. The molecule has 9 heteroatoms. The van der Waals surface area contributed by atoms with Crippen molar-refractivity contribution in [2.24, 2.45) is 5.92 Å². The third kappa shape index (κ3) is 4.90. The van der Waals surface area contributed by atoms with Crippen molar-refractivity contribution in [1.82, 2.24) is 30.2 Å². The Balaban J connectivity index is 1.22. The van der Waals surface area contributed by atoms with E-state index in [9.17, 15) is 9.59 Å². The van der Waals surface area contributed by atoms with E-state index in [-0.39, 0.29) is 23.9 Å². The summed E-state index contributed by atoms with van der Waals surface area (Å²) in [6, 6.07) is 13.2. The van der Waals surface area contributed by atoms with Gasteiger partial charge in [-0.25, -0.2) is 14.8 Å². The highest BCUT2D eigenvalue weighted by Crippen LogP contribution is 2.55. The number of rotatable bonds is 6. The van der Waals surface area contributed by atoms with Gasteiger partial charge in [-0.2, -0.15) is 0 Å². The van der Waals surface area contributed by atoms with Crippen molar-refractivity contribution >= 4 is 12.0 Å². The zero-order chi connectivity index (χ0) is 29.6. The Kier molecular flexibility index (Phi) is 7.03. The SMILES string of the molecule is COC(=O)NCC(=O)N1CC(C)CC1c1ncc(-c2ccc(-c3ccc(-c4cnc[nH]4)cc3)c3c2CCC32CCCC2)[nH]1. The number of benzene rings is 2. The molecule has 3 heterocycles. The van der Waals surface area contributed by atoms with Gasteiger partial charge < -0.3 is 24.9 Å². The van der Waals surface area contributed by atoms with Crippen LogP contribution in [-0.2, 0) is 21.4 Å². The zero-order valence-electron chi connectivity index (χ0n) is 24.8. The third-order valence-electron chi connectivity index (χ3n) is 9.86. The molecular formula is C34H38N6O3. The first-order chi connectivity index (χ1) is 21.0. The molecule has 2 aliphatic carbocycles. The number of fused-ring (bicyclic) bond motifs is 2. The normalized spacial score (nSPS) is 20.5. The lowest BCUT2D eigenvalue weighted by molar-refractivity contribution is -0.131. The maximum atomic E-state index is 13.0. The highest BCUT2D eigenvalue weighted by molar-refractivity contribution is 5.83. The lowest BCUT2D eigenvalue weighted by Gasteiger charge is -2.28. The number of imidazole rings is 2.